The smallest absolute Gasteiger partial charge is 0.381 e. The van der Waals surface area contributed by atoms with E-state index in [2.05, 4.69) is 14.7 Å². The van der Waals surface area contributed by atoms with Gasteiger partial charge in [0.15, 0.2) is 0 Å². The van der Waals surface area contributed by atoms with Gasteiger partial charge in [0.05, 0.1) is 13.0 Å². The second-order valence-corrected chi connectivity index (χ2v) is 2.92. The highest BCUT2D eigenvalue weighted by Crippen LogP contribution is 2.27. The Balaban J connectivity index is 2.46. The number of carbonyl (C=O) groups excluding carboxylic acids is 1. The average Bonchev–Trinajstić information content (AvgIpc) is 2.66. The molecule has 6 nitrogen and oxygen atoms in total. The second-order valence-electron chi connectivity index (χ2n) is 2.92. The van der Waals surface area contributed by atoms with Crippen LogP contribution in [0.25, 0.3) is 0 Å². The molecule has 1 aromatic rings. The molecular formula is C8H10F3N3O3. The van der Waals surface area contributed by atoms with Gasteiger partial charge >= 0.3 is 12.2 Å². The number of aromatic nitrogens is 2. The fraction of sp³-hybridized carbons (Fsp3) is 0.625. The van der Waals surface area contributed by atoms with Gasteiger partial charge in [-0.3, -0.25) is 10.1 Å². The maximum atomic E-state index is 12.1. The molecule has 1 rings (SSSR count). The van der Waals surface area contributed by atoms with Crippen LogP contribution in [0.5, 0.6) is 0 Å². The first-order chi connectivity index (χ1) is 7.93. The van der Waals surface area contributed by atoms with Gasteiger partial charge in [-0.15, -0.1) is 0 Å². The third-order valence-corrected chi connectivity index (χ3v) is 1.60. The average molecular weight is 253 g/mol. The van der Waals surface area contributed by atoms with Crippen molar-refractivity contribution in [3.63, 3.8) is 0 Å². The summed E-state index contributed by atoms with van der Waals surface area (Å²) in [5.74, 6) is -1.99. The lowest BCUT2D eigenvalue weighted by atomic mass is 10.4. The molecule has 1 heterocycles. The van der Waals surface area contributed by atoms with Crippen molar-refractivity contribution < 1.29 is 27.2 Å². The molecule has 96 valence electrons. The maximum absolute atomic E-state index is 12.1. The Kier molecular flexibility index (Phi) is 4.44. The first-order valence-electron chi connectivity index (χ1n) is 4.72. The number of halogens is 3. The van der Waals surface area contributed by atoms with Gasteiger partial charge in [-0.25, -0.2) is 0 Å². The van der Waals surface area contributed by atoms with E-state index in [1.807, 2.05) is 5.32 Å². The van der Waals surface area contributed by atoms with E-state index in [0.29, 0.717) is 6.61 Å². The highest BCUT2D eigenvalue weighted by molar-refractivity contribution is 5.88. The maximum Gasteiger partial charge on any atom is 0.455 e. The van der Waals surface area contributed by atoms with Crippen LogP contribution in [0.2, 0.25) is 0 Å². The predicted octanol–water partition coefficient (Wildman–Crippen LogP) is 1.45. The molecule has 0 aliphatic carbocycles. The van der Waals surface area contributed by atoms with E-state index < -0.39 is 23.9 Å². The Morgan fingerprint density at radius 2 is 2.24 bits per heavy atom. The summed E-state index contributed by atoms with van der Waals surface area (Å²) in [5.41, 5.74) is 0. The third kappa shape index (κ3) is 4.39. The Hall–Kier alpha value is -1.64. The third-order valence-electron chi connectivity index (χ3n) is 1.60. The molecule has 0 spiro atoms. The number of rotatable bonds is 5. The van der Waals surface area contributed by atoms with Gasteiger partial charge in [-0.2, -0.15) is 18.2 Å². The Bertz CT molecular complexity index is 378. The van der Waals surface area contributed by atoms with Crippen LogP contribution >= 0.6 is 0 Å². The van der Waals surface area contributed by atoms with Gasteiger partial charge in [-0.1, -0.05) is 0 Å². The van der Waals surface area contributed by atoms with E-state index in [4.69, 9.17) is 4.74 Å². The lowest BCUT2D eigenvalue weighted by Gasteiger charge is -2.00. The summed E-state index contributed by atoms with van der Waals surface area (Å²) in [4.78, 5) is 14.1. The molecular weight excluding hydrogens is 243 g/mol. The molecule has 0 aliphatic heterocycles. The standard InChI is InChI=1S/C8H10F3N3O3/c1-2-16-4-3-5(15)12-7-13-6(14-17-7)8(9,10)11/h2-4H2,1H3,(H,12,13,14,15). The van der Waals surface area contributed by atoms with E-state index in [1.54, 1.807) is 6.92 Å². The highest BCUT2D eigenvalue weighted by Gasteiger charge is 2.37. The molecule has 1 amide bonds. The quantitative estimate of drug-likeness (QED) is 0.803. The van der Waals surface area contributed by atoms with Crippen molar-refractivity contribution in [3.05, 3.63) is 5.82 Å². The molecule has 1 aromatic heterocycles. The number of anilines is 1. The fourth-order valence-corrected chi connectivity index (χ4v) is 0.880. The van der Waals surface area contributed by atoms with Crippen LogP contribution in [0.15, 0.2) is 4.52 Å². The topological polar surface area (TPSA) is 77.2 Å². The molecule has 1 N–H and O–H groups in total. The van der Waals surface area contributed by atoms with E-state index in [0.717, 1.165) is 0 Å². The van der Waals surface area contributed by atoms with Gasteiger partial charge in [0.2, 0.25) is 5.91 Å². The van der Waals surface area contributed by atoms with Crippen molar-refractivity contribution in [2.24, 2.45) is 0 Å². The molecule has 0 atom stereocenters. The largest absolute Gasteiger partial charge is 0.455 e. The summed E-state index contributed by atoms with van der Waals surface area (Å²) in [6.07, 6.45) is -4.70. The van der Waals surface area contributed by atoms with Crippen molar-refractivity contribution in [2.75, 3.05) is 18.5 Å². The van der Waals surface area contributed by atoms with Crippen LogP contribution in [0.4, 0.5) is 19.2 Å². The van der Waals surface area contributed by atoms with Crippen LogP contribution in [0.3, 0.4) is 0 Å². The Labute approximate surface area is 94.1 Å². The summed E-state index contributed by atoms with van der Waals surface area (Å²) in [6, 6.07) is -0.584. The molecule has 17 heavy (non-hydrogen) atoms. The summed E-state index contributed by atoms with van der Waals surface area (Å²) in [5, 5.41) is 4.71. The number of amides is 1. The summed E-state index contributed by atoms with van der Waals surface area (Å²) in [7, 11) is 0. The fourth-order valence-electron chi connectivity index (χ4n) is 0.880. The van der Waals surface area contributed by atoms with Crippen molar-refractivity contribution in [3.8, 4) is 0 Å². The second kappa shape index (κ2) is 5.62. The summed E-state index contributed by atoms with van der Waals surface area (Å²) < 4.78 is 45.3. The number of carbonyl (C=O) groups is 1. The van der Waals surface area contributed by atoms with Crippen LogP contribution in [-0.4, -0.2) is 29.3 Å². The van der Waals surface area contributed by atoms with Crippen molar-refractivity contribution >= 4 is 11.9 Å². The van der Waals surface area contributed by atoms with Crippen LogP contribution in [0, 0.1) is 0 Å². The van der Waals surface area contributed by atoms with Gasteiger partial charge in [0, 0.05) is 6.61 Å². The van der Waals surface area contributed by atoms with Gasteiger partial charge in [0.1, 0.15) is 0 Å². The van der Waals surface area contributed by atoms with E-state index in [9.17, 15) is 18.0 Å². The minimum absolute atomic E-state index is 0.00241. The van der Waals surface area contributed by atoms with Crippen LogP contribution in [-0.2, 0) is 15.7 Å². The van der Waals surface area contributed by atoms with Gasteiger partial charge < -0.3 is 9.26 Å². The van der Waals surface area contributed by atoms with Crippen molar-refractivity contribution in [1.29, 1.82) is 0 Å². The zero-order valence-corrected chi connectivity index (χ0v) is 8.87. The van der Waals surface area contributed by atoms with Crippen molar-refractivity contribution in [2.45, 2.75) is 19.5 Å². The number of nitrogens with one attached hydrogen (secondary N) is 1. The molecule has 9 heteroatoms. The highest BCUT2D eigenvalue weighted by atomic mass is 19.4. The summed E-state index contributed by atoms with van der Waals surface area (Å²) in [6.45, 7) is 2.38. The number of hydrogen-bond acceptors (Lipinski definition) is 5. The summed E-state index contributed by atoms with van der Waals surface area (Å²) >= 11 is 0. The first kappa shape index (κ1) is 13.4. The van der Waals surface area contributed by atoms with Gasteiger partial charge in [0.25, 0.3) is 5.82 Å². The van der Waals surface area contributed by atoms with E-state index in [1.165, 1.54) is 0 Å². The molecule has 0 saturated carbocycles. The monoisotopic (exact) mass is 253 g/mol. The molecule has 0 fully saturated rings. The first-order valence-corrected chi connectivity index (χ1v) is 4.72. The minimum Gasteiger partial charge on any atom is -0.381 e. The molecule has 0 unspecified atom stereocenters. The number of nitrogens with zero attached hydrogens (tertiary/aromatic N) is 2. The lowest BCUT2D eigenvalue weighted by molar-refractivity contribution is -0.146. The number of alkyl halides is 3. The molecule has 0 aromatic carbocycles. The van der Waals surface area contributed by atoms with E-state index >= 15 is 0 Å². The molecule has 0 saturated heterocycles. The zero-order chi connectivity index (χ0) is 12.9. The molecule has 0 bridgehead atoms. The van der Waals surface area contributed by atoms with E-state index in [-0.39, 0.29) is 13.0 Å². The zero-order valence-electron chi connectivity index (χ0n) is 8.87. The molecule has 0 radical (unpaired) electrons. The van der Waals surface area contributed by atoms with Crippen LogP contribution < -0.4 is 5.32 Å². The number of hydrogen-bond donors (Lipinski definition) is 1. The molecule has 0 aliphatic rings. The Morgan fingerprint density at radius 1 is 1.53 bits per heavy atom. The minimum atomic E-state index is -4.70. The number of ether oxygens (including phenoxy) is 1. The van der Waals surface area contributed by atoms with Gasteiger partial charge in [-0.05, 0) is 12.1 Å². The Morgan fingerprint density at radius 3 is 2.76 bits per heavy atom. The SMILES string of the molecule is CCOCCC(=O)Nc1nc(C(F)(F)F)no1. The van der Waals surface area contributed by atoms with Crippen molar-refractivity contribution in [1.82, 2.24) is 10.1 Å². The lowest BCUT2D eigenvalue weighted by Crippen LogP contribution is -2.15. The van der Waals surface area contributed by atoms with Crippen LogP contribution in [0.1, 0.15) is 19.2 Å². The normalized spacial score (nSPS) is 11.5. The predicted molar refractivity (Wildman–Crippen MR) is 49.0 cm³/mol.